The first kappa shape index (κ1) is 14.8. The van der Waals surface area contributed by atoms with E-state index < -0.39 is 12.1 Å². The van der Waals surface area contributed by atoms with Crippen molar-refractivity contribution in [2.24, 2.45) is 5.73 Å². The molecule has 20 heavy (non-hydrogen) atoms. The number of hydrogen-bond donors (Lipinski definition) is 3. The number of carboxylic acid groups (broad SMARTS) is 1. The van der Waals surface area contributed by atoms with Crippen LogP contribution >= 0.6 is 11.6 Å². The summed E-state index contributed by atoms with van der Waals surface area (Å²) in [4.78, 5) is 22.9. The number of benzene rings is 1. The van der Waals surface area contributed by atoms with Gasteiger partial charge in [0, 0.05) is 12.2 Å². The fourth-order valence-electron chi connectivity index (χ4n) is 2.06. The van der Waals surface area contributed by atoms with E-state index in [1.54, 1.807) is 6.07 Å². The normalized spacial score (nSPS) is 21.7. The second kappa shape index (κ2) is 6.21. The number of ether oxygens (including phenoxy) is 1. The van der Waals surface area contributed by atoms with Crippen LogP contribution in [0.4, 0.5) is 5.69 Å². The Labute approximate surface area is 120 Å². The molecule has 1 aromatic carbocycles. The summed E-state index contributed by atoms with van der Waals surface area (Å²) in [5.74, 6) is -1.45. The molecule has 1 amide bonds. The van der Waals surface area contributed by atoms with Crippen molar-refractivity contribution in [3.8, 4) is 0 Å². The van der Waals surface area contributed by atoms with Gasteiger partial charge < -0.3 is 20.9 Å². The third-order valence-corrected chi connectivity index (χ3v) is 3.46. The Morgan fingerprint density at radius 2 is 2.20 bits per heavy atom. The van der Waals surface area contributed by atoms with Gasteiger partial charge in [-0.05, 0) is 31.0 Å². The molecule has 1 saturated heterocycles. The molecule has 1 aromatic rings. The van der Waals surface area contributed by atoms with E-state index in [-0.39, 0.29) is 22.6 Å². The number of nitrogens with one attached hydrogen (secondary N) is 1. The minimum absolute atomic E-state index is 0.0587. The zero-order chi connectivity index (χ0) is 14.7. The number of halogens is 1. The van der Waals surface area contributed by atoms with Gasteiger partial charge in [0.1, 0.15) is 6.10 Å². The summed E-state index contributed by atoms with van der Waals surface area (Å²) in [7, 11) is 0. The maximum absolute atomic E-state index is 12.0. The van der Waals surface area contributed by atoms with Crippen LogP contribution in [0, 0.1) is 0 Å². The molecule has 2 rings (SSSR count). The standard InChI is InChI=1S/C13H15ClN2O4/c14-10-3-1-7(5-9(10)13(18)19)16-12(17)11-4-2-8(6-15)20-11/h1,3,5,8,11H,2,4,6,15H2,(H,16,17)(H,18,19). The number of carboxylic acids is 1. The van der Waals surface area contributed by atoms with Crippen molar-refractivity contribution in [2.45, 2.75) is 25.0 Å². The SMILES string of the molecule is NCC1CCC(C(=O)Nc2ccc(Cl)c(C(=O)O)c2)O1. The highest BCUT2D eigenvalue weighted by Gasteiger charge is 2.29. The summed E-state index contributed by atoms with van der Waals surface area (Å²) < 4.78 is 5.47. The van der Waals surface area contributed by atoms with Crippen molar-refractivity contribution in [1.82, 2.24) is 0 Å². The molecule has 7 heteroatoms. The van der Waals surface area contributed by atoms with Crippen molar-refractivity contribution in [1.29, 1.82) is 0 Å². The van der Waals surface area contributed by atoms with Crippen molar-refractivity contribution in [3.05, 3.63) is 28.8 Å². The molecule has 6 nitrogen and oxygen atoms in total. The Morgan fingerprint density at radius 3 is 2.80 bits per heavy atom. The quantitative estimate of drug-likeness (QED) is 0.781. The summed E-state index contributed by atoms with van der Waals surface area (Å²) >= 11 is 5.76. The van der Waals surface area contributed by atoms with Gasteiger partial charge in [0.2, 0.25) is 0 Å². The summed E-state index contributed by atoms with van der Waals surface area (Å²) in [5, 5.41) is 11.7. The van der Waals surface area contributed by atoms with Gasteiger partial charge in [-0.3, -0.25) is 4.79 Å². The topological polar surface area (TPSA) is 102 Å². The Hall–Kier alpha value is -1.63. The monoisotopic (exact) mass is 298 g/mol. The van der Waals surface area contributed by atoms with E-state index in [0.29, 0.717) is 18.7 Å². The van der Waals surface area contributed by atoms with Gasteiger partial charge in [-0.15, -0.1) is 0 Å². The van der Waals surface area contributed by atoms with Crippen molar-refractivity contribution >= 4 is 29.2 Å². The van der Waals surface area contributed by atoms with Gasteiger partial charge in [0.25, 0.3) is 5.91 Å². The number of hydrogen-bond acceptors (Lipinski definition) is 4. The van der Waals surface area contributed by atoms with Gasteiger partial charge >= 0.3 is 5.97 Å². The van der Waals surface area contributed by atoms with Crippen LogP contribution < -0.4 is 11.1 Å². The Kier molecular flexibility index (Phi) is 4.59. The number of aromatic carboxylic acids is 1. The number of carbonyl (C=O) groups excluding carboxylic acids is 1. The molecular weight excluding hydrogens is 284 g/mol. The molecule has 108 valence electrons. The van der Waals surface area contributed by atoms with Gasteiger partial charge in [-0.2, -0.15) is 0 Å². The first-order valence-corrected chi connectivity index (χ1v) is 6.58. The van der Waals surface area contributed by atoms with E-state index >= 15 is 0 Å². The fraction of sp³-hybridized carbons (Fsp3) is 0.385. The smallest absolute Gasteiger partial charge is 0.337 e. The van der Waals surface area contributed by atoms with Crippen LogP contribution in [0.5, 0.6) is 0 Å². The van der Waals surface area contributed by atoms with E-state index in [1.807, 2.05) is 0 Å². The molecular formula is C13H15ClN2O4. The summed E-state index contributed by atoms with van der Waals surface area (Å²) in [6.07, 6.45) is 0.709. The molecule has 1 heterocycles. The fourth-order valence-corrected chi connectivity index (χ4v) is 2.26. The number of amides is 1. The van der Waals surface area contributed by atoms with E-state index in [2.05, 4.69) is 5.32 Å². The van der Waals surface area contributed by atoms with Gasteiger partial charge in [-0.25, -0.2) is 4.79 Å². The summed E-state index contributed by atoms with van der Waals surface area (Å²) in [6.45, 7) is 0.383. The zero-order valence-electron chi connectivity index (χ0n) is 10.6. The molecule has 1 aliphatic rings. The maximum atomic E-state index is 12.0. The van der Waals surface area contributed by atoms with E-state index in [4.69, 9.17) is 27.2 Å². The Morgan fingerprint density at radius 1 is 1.45 bits per heavy atom. The lowest BCUT2D eigenvalue weighted by atomic mass is 10.1. The lowest BCUT2D eigenvalue weighted by molar-refractivity contribution is -0.126. The molecule has 0 aromatic heterocycles. The van der Waals surface area contributed by atoms with E-state index in [1.165, 1.54) is 12.1 Å². The predicted octanol–water partition coefficient (Wildman–Crippen LogP) is 1.48. The zero-order valence-corrected chi connectivity index (χ0v) is 11.4. The van der Waals surface area contributed by atoms with Crippen LogP contribution in [0.25, 0.3) is 0 Å². The number of carbonyl (C=O) groups is 2. The third kappa shape index (κ3) is 3.27. The van der Waals surface area contributed by atoms with E-state index in [0.717, 1.165) is 6.42 Å². The molecule has 1 aliphatic heterocycles. The van der Waals surface area contributed by atoms with Crippen molar-refractivity contribution in [2.75, 3.05) is 11.9 Å². The molecule has 2 atom stereocenters. The van der Waals surface area contributed by atoms with Crippen molar-refractivity contribution in [3.63, 3.8) is 0 Å². The second-order valence-corrected chi connectivity index (χ2v) is 4.96. The first-order chi connectivity index (χ1) is 9.51. The summed E-state index contributed by atoms with van der Waals surface area (Å²) in [5.41, 5.74) is 5.80. The van der Waals surface area contributed by atoms with Gasteiger partial charge in [0.05, 0.1) is 16.7 Å². The van der Waals surface area contributed by atoms with Crippen molar-refractivity contribution < 1.29 is 19.4 Å². The minimum Gasteiger partial charge on any atom is -0.478 e. The van der Waals surface area contributed by atoms with Crippen LogP contribution in [-0.4, -0.2) is 35.7 Å². The average Bonchev–Trinajstić information content (AvgIpc) is 2.89. The molecule has 0 spiro atoms. The van der Waals surface area contributed by atoms with Crippen LogP contribution in [0.1, 0.15) is 23.2 Å². The lowest BCUT2D eigenvalue weighted by Crippen LogP contribution is -2.29. The highest BCUT2D eigenvalue weighted by molar-refractivity contribution is 6.33. The van der Waals surface area contributed by atoms with Crippen LogP contribution in [0.2, 0.25) is 5.02 Å². The molecule has 0 bridgehead atoms. The molecule has 2 unspecified atom stereocenters. The van der Waals surface area contributed by atoms with E-state index in [9.17, 15) is 9.59 Å². The molecule has 0 aliphatic carbocycles. The molecule has 1 fully saturated rings. The second-order valence-electron chi connectivity index (χ2n) is 4.55. The maximum Gasteiger partial charge on any atom is 0.337 e. The van der Waals surface area contributed by atoms with Crippen LogP contribution in [-0.2, 0) is 9.53 Å². The molecule has 0 saturated carbocycles. The minimum atomic E-state index is -1.15. The number of rotatable bonds is 4. The predicted molar refractivity (Wildman–Crippen MR) is 74.0 cm³/mol. The summed E-state index contributed by atoms with van der Waals surface area (Å²) in [6, 6.07) is 4.29. The van der Waals surface area contributed by atoms with Crippen LogP contribution in [0.15, 0.2) is 18.2 Å². The number of nitrogens with two attached hydrogens (primary N) is 1. The number of anilines is 1. The lowest BCUT2D eigenvalue weighted by Gasteiger charge is -2.13. The van der Waals surface area contributed by atoms with Gasteiger partial charge in [-0.1, -0.05) is 11.6 Å². The average molecular weight is 299 g/mol. The van der Waals surface area contributed by atoms with Crippen LogP contribution in [0.3, 0.4) is 0 Å². The van der Waals surface area contributed by atoms with Gasteiger partial charge in [0.15, 0.2) is 0 Å². The first-order valence-electron chi connectivity index (χ1n) is 6.20. The highest BCUT2D eigenvalue weighted by Crippen LogP contribution is 2.23. The molecule has 4 N–H and O–H groups in total. The Bertz CT molecular complexity index is 535. The molecule has 0 radical (unpaired) electrons. The largest absolute Gasteiger partial charge is 0.478 e. The third-order valence-electron chi connectivity index (χ3n) is 3.13. The highest BCUT2D eigenvalue weighted by atomic mass is 35.5. The Balaban J connectivity index is 2.05.